The Morgan fingerprint density at radius 3 is 2.57 bits per heavy atom. The van der Waals surface area contributed by atoms with Crippen LogP contribution in [0.3, 0.4) is 0 Å². The molecule has 1 aliphatic carbocycles. The molecule has 3 aliphatic rings. The van der Waals surface area contributed by atoms with Gasteiger partial charge in [0.15, 0.2) is 0 Å². The number of hydrogen-bond donors (Lipinski definition) is 0. The van der Waals surface area contributed by atoms with Crippen LogP contribution in [-0.4, -0.2) is 67.5 Å². The van der Waals surface area contributed by atoms with Crippen molar-refractivity contribution in [3.63, 3.8) is 0 Å². The third kappa shape index (κ3) is 5.93. The fourth-order valence-electron chi connectivity index (χ4n) is 7.30. The minimum atomic E-state index is -0.527. The number of anilines is 1. The van der Waals surface area contributed by atoms with Crippen LogP contribution in [0.25, 0.3) is 11.3 Å². The molecule has 0 spiro atoms. The summed E-state index contributed by atoms with van der Waals surface area (Å²) >= 11 is 0. The summed E-state index contributed by atoms with van der Waals surface area (Å²) in [4.78, 5) is 34.6. The van der Waals surface area contributed by atoms with Crippen molar-refractivity contribution in [1.82, 2.24) is 9.88 Å². The second-order valence-corrected chi connectivity index (χ2v) is 13.9. The van der Waals surface area contributed by atoms with Gasteiger partial charge < -0.3 is 28.7 Å². The van der Waals surface area contributed by atoms with Crippen molar-refractivity contribution in [2.75, 3.05) is 38.8 Å². The van der Waals surface area contributed by atoms with Gasteiger partial charge in [0.2, 0.25) is 0 Å². The fourth-order valence-corrected chi connectivity index (χ4v) is 7.30. The number of fused-ring (bicyclic) bond motifs is 2. The predicted molar refractivity (Wildman–Crippen MR) is 176 cm³/mol. The van der Waals surface area contributed by atoms with E-state index in [4.69, 9.17) is 23.9 Å². The molecule has 1 unspecified atom stereocenters. The highest BCUT2D eigenvalue weighted by atomic mass is 16.6. The van der Waals surface area contributed by atoms with Gasteiger partial charge in [-0.05, 0) is 99.4 Å². The Morgan fingerprint density at radius 2 is 1.83 bits per heavy atom. The highest BCUT2D eigenvalue weighted by Crippen LogP contribution is 2.62. The molecule has 1 aromatic heterocycles. The first-order chi connectivity index (χ1) is 21.9. The predicted octanol–water partition coefficient (Wildman–Crippen LogP) is 6.25. The minimum Gasteiger partial charge on any atom is -0.488 e. The summed E-state index contributed by atoms with van der Waals surface area (Å²) in [5.74, 6) is 1.69. The zero-order chi connectivity index (χ0) is 32.8. The molecule has 46 heavy (non-hydrogen) atoms. The van der Waals surface area contributed by atoms with Crippen LogP contribution < -0.4 is 9.64 Å². The van der Waals surface area contributed by atoms with Gasteiger partial charge in [-0.15, -0.1) is 0 Å². The molecule has 3 atom stereocenters. The molecule has 244 valence electrons. The van der Waals surface area contributed by atoms with Gasteiger partial charge in [0.1, 0.15) is 23.8 Å². The Hall–Kier alpha value is -4.11. The topological polar surface area (TPSA) is 90.4 Å². The van der Waals surface area contributed by atoms with Crippen molar-refractivity contribution in [2.24, 2.45) is 11.3 Å². The number of esters is 1. The Morgan fingerprint density at radius 1 is 1.04 bits per heavy atom. The van der Waals surface area contributed by atoms with E-state index < -0.39 is 11.0 Å². The summed E-state index contributed by atoms with van der Waals surface area (Å²) in [6, 6.07) is 16.4. The van der Waals surface area contributed by atoms with Crippen molar-refractivity contribution in [1.29, 1.82) is 0 Å². The lowest BCUT2D eigenvalue weighted by atomic mass is 9.93. The number of carbonyl (C=O) groups is 2. The van der Waals surface area contributed by atoms with Crippen LogP contribution in [0.1, 0.15) is 55.0 Å². The summed E-state index contributed by atoms with van der Waals surface area (Å²) < 4.78 is 23.0. The van der Waals surface area contributed by atoms with E-state index in [2.05, 4.69) is 36.9 Å². The standard InChI is InChI=1S/C37H45N3O6/c1-23-10-8-11-28(30-12-9-13-32(38-30)40-19-27-18-37(27,34(41)44-7)31(40)22-43-6)33(23)45-21-25-16-24(2)29-20-39(15-14-26(29)17-25)35(42)46-36(3,4)5/h8-13,16-17,27,31H,14-15,18-22H2,1-7H3/t27?,31-,37+/m0/s1. The van der Waals surface area contributed by atoms with Crippen LogP contribution in [0.4, 0.5) is 10.6 Å². The molecule has 3 aromatic rings. The van der Waals surface area contributed by atoms with Gasteiger partial charge in [-0.1, -0.05) is 30.3 Å². The largest absolute Gasteiger partial charge is 0.488 e. The monoisotopic (exact) mass is 627 g/mol. The van der Waals surface area contributed by atoms with Crippen LogP contribution >= 0.6 is 0 Å². The average Bonchev–Trinajstić information content (AvgIpc) is 3.67. The van der Waals surface area contributed by atoms with Gasteiger partial charge in [-0.3, -0.25) is 4.79 Å². The number of benzene rings is 2. The molecule has 2 fully saturated rings. The first kappa shape index (κ1) is 31.9. The van der Waals surface area contributed by atoms with Crippen molar-refractivity contribution >= 4 is 17.9 Å². The summed E-state index contributed by atoms with van der Waals surface area (Å²) in [7, 11) is 3.13. The molecule has 0 bridgehead atoms. The number of methoxy groups -OCH3 is 2. The molecule has 9 heteroatoms. The van der Waals surface area contributed by atoms with Crippen molar-refractivity contribution in [3.8, 4) is 17.0 Å². The van der Waals surface area contributed by atoms with E-state index in [-0.39, 0.29) is 24.0 Å². The lowest BCUT2D eigenvalue weighted by Crippen LogP contribution is -2.44. The molecule has 1 saturated carbocycles. The molecular weight excluding hydrogens is 582 g/mol. The van der Waals surface area contributed by atoms with E-state index in [9.17, 15) is 9.59 Å². The van der Waals surface area contributed by atoms with E-state index in [0.717, 1.165) is 58.9 Å². The Labute approximate surface area is 271 Å². The van der Waals surface area contributed by atoms with E-state index in [1.807, 2.05) is 51.1 Å². The van der Waals surface area contributed by atoms with Crippen LogP contribution in [0, 0.1) is 25.2 Å². The fraction of sp³-hybridized carbons (Fsp3) is 0.486. The third-order valence-electron chi connectivity index (χ3n) is 9.61. The van der Waals surface area contributed by atoms with Gasteiger partial charge >= 0.3 is 12.1 Å². The molecule has 1 saturated heterocycles. The maximum Gasteiger partial charge on any atom is 0.410 e. The highest BCUT2D eigenvalue weighted by Gasteiger charge is 2.71. The molecule has 1 amide bonds. The molecule has 3 heterocycles. The number of aromatic nitrogens is 1. The number of hydrogen-bond acceptors (Lipinski definition) is 8. The quantitative estimate of drug-likeness (QED) is 0.271. The van der Waals surface area contributed by atoms with Gasteiger partial charge in [-0.25, -0.2) is 9.78 Å². The zero-order valence-corrected chi connectivity index (χ0v) is 28.0. The normalized spacial score (nSPS) is 21.8. The van der Waals surface area contributed by atoms with E-state index in [1.54, 1.807) is 12.0 Å². The molecule has 0 radical (unpaired) electrons. The van der Waals surface area contributed by atoms with Crippen LogP contribution in [0.15, 0.2) is 48.5 Å². The third-order valence-corrected chi connectivity index (χ3v) is 9.61. The van der Waals surface area contributed by atoms with Gasteiger partial charge in [0.25, 0.3) is 0 Å². The summed E-state index contributed by atoms with van der Waals surface area (Å²) in [6.07, 6.45) is 1.33. The molecule has 9 nitrogen and oxygen atoms in total. The molecular formula is C37H45N3O6. The van der Waals surface area contributed by atoms with Gasteiger partial charge in [0, 0.05) is 32.3 Å². The van der Waals surface area contributed by atoms with Crippen LogP contribution in [0.2, 0.25) is 0 Å². The second kappa shape index (κ2) is 12.2. The van der Waals surface area contributed by atoms with E-state index in [0.29, 0.717) is 26.3 Å². The van der Waals surface area contributed by atoms with Crippen molar-refractivity contribution < 1.29 is 28.5 Å². The summed E-state index contributed by atoms with van der Waals surface area (Å²) in [5.41, 5.74) is 6.36. The van der Waals surface area contributed by atoms with Crippen LogP contribution in [0.5, 0.6) is 5.75 Å². The molecule has 2 aromatic carbocycles. The van der Waals surface area contributed by atoms with E-state index >= 15 is 0 Å². The smallest absolute Gasteiger partial charge is 0.410 e. The van der Waals surface area contributed by atoms with Crippen molar-refractivity contribution in [3.05, 3.63) is 76.3 Å². The molecule has 6 rings (SSSR count). The average molecular weight is 628 g/mol. The number of para-hydroxylation sites is 1. The van der Waals surface area contributed by atoms with Gasteiger partial charge in [0.05, 0.1) is 30.9 Å². The lowest BCUT2D eigenvalue weighted by molar-refractivity contribution is -0.148. The van der Waals surface area contributed by atoms with Crippen LogP contribution in [-0.2, 0) is 38.6 Å². The number of piperidine rings is 1. The second-order valence-electron chi connectivity index (χ2n) is 13.9. The van der Waals surface area contributed by atoms with Crippen molar-refractivity contribution in [2.45, 2.75) is 72.3 Å². The lowest BCUT2D eigenvalue weighted by Gasteiger charge is -2.32. The number of nitrogens with zero attached hydrogens (tertiary/aromatic N) is 3. The number of rotatable bonds is 8. The number of ether oxygens (including phenoxy) is 4. The molecule has 0 N–H and O–H groups in total. The zero-order valence-electron chi connectivity index (χ0n) is 28.0. The molecule has 2 aliphatic heterocycles. The Balaban J connectivity index is 1.21. The first-order valence-corrected chi connectivity index (χ1v) is 16.1. The van der Waals surface area contributed by atoms with E-state index in [1.165, 1.54) is 18.2 Å². The maximum absolute atomic E-state index is 12.8. The Bertz CT molecular complexity index is 1650. The summed E-state index contributed by atoms with van der Waals surface area (Å²) in [5, 5.41) is 0. The number of amides is 1. The Kier molecular flexibility index (Phi) is 8.48. The highest BCUT2D eigenvalue weighted by molar-refractivity contribution is 5.84. The van der Waals surface area contributed by atoms with Gasteiger partial charge in [-0.2, -0.15) is 0 Å². The number of pyridine rings is 1. The first-order valence-electron chi connectivity index (χ1n) is 16.1. The number of carbonyl (C=O) groups excluding carboxylic acids is 2. The summed E-state index contributed by atoms with van der Waals surface area (Å²) in [6.45, 7) is 12.6. The minimum absolute atomic E-state index is 0.130. The number of aryl methyl sites for hydroxylation is 2. The maximum atomic E-state index is 12.8. The SMILES string of the molecule is COC[C@@H]1N(c2cccc(-c3cccc(C)c3OCc3cc(C)c4c(c3)CCN(C(=O)OC(C)(C)C)C4)n2)CC2C[C@@]21C(=O)OC.